The van der Waals surface area contributed by atoms with Crippen LogP contribution in [-0.2, 0) is 10.9 Å². The molecule has 0 rings (SSSR count). The van der Waals surface area contributed by atoms with Gasteiger partial charge in [0.1, 0.15) is 0 Å². The van der Waals surface area contributed by atoms with Gasteiger partial charge in [0.05, 0.1) is 0 Å². The van der Waals surface area contributed by atoms with Crippen LogP contribution < -0.4 is 0 Å². The summed E-state index contributed by atoms with van der Waals surface area (Å²) in [5.74, 6) is -0.351. The molecule has 0 saturated carbocycles. The Morgan fingerprint density at radius 3 is 2.40 bits per heavy atom. The maximum atomic E-state index is 11.1. The van der Waals surface area contributed by atoms with Crippen LogP contribution >= 0.6 is 0 Å². The van der Waals surface area contributed by atoms with Gasteiger partial charge < -0.3 is 0 Å². The molecule has 0 N–H and O–H groups in total. The second-order valence-corrected chi connectivity index (χ2v) is 5.02. The van der Waals surface area contributed by atoms with E-state index in [1.807, 2.05) is 6.92 Å². The van der Waals surface area contributed by atoms with E-state index in [1.165, 1.54) is 32.1 Å². The first kappa shape index (κ1) is 15.1. The van der Waals surface area contributed by atoms with Gasteiger partial charge in [-0.25, -0.2) is 0 Å². The van der Waals surface area contributed by atoms with Crippen molar-refractivity contribution in [3.63, 3.8) is 0 Å². The molecule has 1 atom stereocenters. The average molecular weight is 320 g/mol. The number of rotatable bonds is 9. The molecule has 0 amide bonds. The minimum absolute atomic E-state index is 0.0778. The van der Waals surface area contributed by atoms with E-state index in [2.05, 4.69) is 10.00 Å². The molecule has 0 fully saturated rings. The van der Waals surface area contributed by atoms with Crippen LogP contribution in [0.1, 0.15) is 58.8 Å². The van der Waals surface area contributed by atoms with Gasteiger partial charge in [-0.3, -0.25) is 0 Å². The molecular formula is C11H21O3Sn. The third-order valence-corrected chi connectivity index (χ3v) is 3.35. The normalized spacial score (nSPS) is 12.1. The molecule has 3 nitrogen and oxygen atoms in total. The van der Waals surface area contributed by atoms with Crippen LogP contribution in [0.25, 0.3) is 0 Å². The summed E-state index contributed by atoms with van der Waals surface area (Å²) < 4.78 is 14.8. The molecular weight excluding hydrogens is 299 g/mol. The van der Waals surface area contributed by atoms with Gasteiger partial charge in [0.25, 0.3) is 0 Å². The van der Waals surface area contributed by atoms with Crippen LogP contribution in [0.2, 0.25) is 0 Å². The van der Waals surface area contributed by atoms with E-state index < -0.39 is 21.5 Å². The molecule has 1 radical (unpaired) electrons. The van der Waals surface area contributed by atoms with E-state index in [4.69, 9.17) is 0 Å². The fourth-order valence-electron chi connectivity index (χ4n) is 1.49. The van der Waals surface area contributed by atoms with Crippen LogP contribution in [-0.4, -0.2) is 27.5 Å². The number of hydrogen-bond donors (Lipinski definition) is 0. The monoisotopic (exact) mass is 321 g/mol. The van der Waals surface area contributed by atoms with Crippen molar-refractivity contribution >= 4 is 27.5 Å². The first-order valence-corrected chi connectivity index (χ1v) is 8.13. The van der Waals surface area contributed by atoms with E-state index in [0.717, 1.165) is 12.8 Å². The van der Waals surface area contributed by atoms with E-state index in [1.54, 1.807) is 0 Å². The van der Waals surface area contributed by atoms with Crippen LogP contribution in [0, 0.1) is 5.92 Å². The van der Waals surface area contributed by atoms with Crippen molar-refractivity contribution < 1.29 is 10.9 Å². The van der Waals surface area contributed by atoms with Gasteiger partial charge >= 0.3 is 103 Å². The zero-order valence-corrected chi connectivity index (χ0v) is 12.6. The van der Waals surface area contributed by atoms with E-state index in [-0.39, 0.29) is 11.9 Å². The van der Waals surface area contributed by atoms with Crippen LogP contribution in [0.5, 0.6) is 0 Å². The van der Waals surface area contributed by atoms with Crippen molar-refractivity contribution in [1.82, 2.24) is 0 Å². The molecule has 0 bridgehead atoms. The molecule has 0 aliphatic rings. The van der Waals surface area contributed by atoms with Crippen molar-refractivity contribution in [2.45, 2.75) is 58.8 Å². The molecule has 0 aromatic carbocycles. The van der Waals surface area contributed by atoms with Gasteiger partial charge in [-0.15, -0.1) is 0 Å². The Balaban J connectivity index is 3.34. The second-order valence-electron chi connectivity index (χ2n) is 3.96. The van der Waals surface area contributed by atoms with Crippen molar-refractivity contribution in [1.29, 1.82) is 0 Å². The summed E-state index contributed by atoms with van der Waals surface area (Å²) in [7, 11) is 0. The third kappa shape index (κ3) is 9.02. The zero-order chi connectivity index (χ0) is 11.5. The summed E-state index contributed by atoms with van der Waals surface area (Å²) in [6, 6.07) is 0. The topological polar surface area (TPSA) is 43.4 Å². The van der Waals surface area contributed by atoms with Gasteiger partial charge in [-0.2, -0.15) is 0 Å². The van der Waals surface area contributed by atoms with Crippen LogP contribution in [0.3, 0.4) is 0 Å². The fourth-order valence-corrected chi connectivity index (χ4v) is 2.30. The predicted molar refractivity (Wildman–Crippen MR) is 59.7 cm³/mol. The first-order chi connectivity index (χ1) is 7.22. The quantitative estimate of drug-likeness (QED) is 0.485. The predicted octanol–water partition coefficient (Wildman–Crippen LogP) is 2.88. The third-order valence-electron chi connectivity index (χ3n) is 2.54. The zero-order valence-electron chi connectivity index (χ0n) is 9.75. The summed E-state index contributed by atoms with van der Waals surface area (Å²) in [5.41, 5.74) is 0. The van der Waals surface area contributed by atoms with Gasteiger partial charge in [0, 0.05) is 0 Å². The number of unbranched alkanes of at least 4 members (excludes halogenated alkanes) is 5. The van der Waals surface area contributed by atoms with Crippen LogP contribution in [0.15, 0.2) is 0 Å². The molecule has 0 heterocycles. The first-order valence-electron chi connectivity index (χ1n) is 5.80. The summed E-state index contributed by atoms with van der Waals surface area (Å²) in [5, 5.41) is 0. The van der Waals surface area contributed by atoms with Crippen molar-refractivity contribution in [3.8, 4) is 0 Å². The number of hydrogen-bond acceptors (Lipinski definition) is 3. The maximum absolute atomic E-state index is 11.1. The van der Waals surface area contributed by atoms with Gasteiger partial charge in [-0.1, -0.05) is 0 Å². The molecule has 0 aliphatic heterocycles. The second kappa shape index (κ2) is 10.6. The summed E-state index contributed by atoms with van der Waals surface area (Å²) >= 11 is -2.05. The number of carbonyl (C=O) groups excluding carboxylic acids is 1. The van der Waals surface area contributed by atoms with Crippen molar-refractivity contribution in [2.24, 2.45) is 5.92 Å². The number of carbonyl (C=O) groups is 1. The van der Waals surface area contributed by atoms with E-state index in [0.29, 0.717) is 0 Å². The SMILES string of the molecule is CCCCCCCCC(C)C(=O)[O][Sn]=[O]. The van der Waals surface area contributed by atoms with E-state index in [9.17, 15) is 7.87 Å². The summed E-state index contributed by atoms with van der Waals surface area (Å²) in [6.07, 6.45) is 8.25. The minimum atomic E-state index is -2.05. The Kier molecular flexibility index (Phi) is 10.6. The molecule has 0 saturated heterocycles. The van der Waals surface area contributed by atoms with Crippen molar-refractivity contribution in [3.05, 3.63) is 0 Å². The summed E-state index contributed by atoms with van der Waals surface area (Å²) in [4.78, 5) is 11.1. The van der Waals surface area contributed by atoms with Crippen LogP contribution in [0.4, 0.5) is 0 Å². The Morgan fingerprint density at radius 2 is 1.80 bits per heavy atom. The molecule has 15 heavy (non-hydrogen) atoms. The molecule has 1 unspecified atom stereocenters. The molecule has 0 aromatic rings. The van der Waals surface area contributed by atoms with Gasteiger partial charge in [0.15, 0.2) is 0 Å². The standard InChI is InChI=1S/C11H22O2.O.Sn/c1-3-4-5-6-7-8-9-10(2)11(12)13;;/h10H,3-9H2,1-2H3,(H,12,13);;/q;;+1/p-1. The Morgan fingerprint density at radius 1 is 1.20 bits per heavy atom. The van der Waals surface area contributed by atoms with Gasteiger partial charge in [0.2, 0.25) is 0 Å². The average Bonchev–Trinajstić information content (AvgIpc) is 2.23. The molecule has 0 aromatic heterocycles. The Hall–Kier alpha value is 0.0687. The van der Waals surface area contributed by atoms with E-state index >= 15 is 0 Å². The Bertz CT molecular complexity index is 183. The van der Waals surface area contributed by atoms with Crippen molar-refractivity contribution in [2.75, 3.05) is 0 Å². The Labute approximate surface area is 103 Å². The fraction of sp³-hybridized carbons (Fsp3) is 0.909. The molecule has 0 spiro atoms. The summed E-state index contributed by atoms with van der Waals surface area (Å²) in [6.45, 7) is 4.05. The molecule has 0 aliphatic carbocycles. The van der Waals surface area contributed by atoms with Gasteiger partial charge in [-0.05, 0) is 0 Å². The molecule has 4 heteroatoms. The molecule has 87 valence electrons.